The van der Waals surface area contributed by atoms with Gasteiger partial charge in [0.05, 0.1) is 12.3 Å². The average molecular weight is 273 g/mol. The largest absolute Gasteiger partial charge is 0.467 e. The van der Waals surface area contributed by atoms with Crippen molar-refractivity contribution in [2.75, 3.05) is 5.32 Å². The lowest BCUT2D eigenvalue weighted by molar-refractivity contribution is -0.391. The van der Waals surface area contributed by atoms with Gasteiger partial charge in [-0.05, 0) is 30.0 Å². The molecule has 0 spiro atoms. The number of fused-ring (bicyclic) bond motifs is 1. The Morgan fingerprint density at radius 2 is 2.30 bits per heavy atom. The Morgan fingerprint density at radius 3 is 3.00 bits per heavy atom. The Kier molecular flexibility index (Phi) is 2.82. The number of nitrogens with one attached hydrogen (secondary N) is 1. The van der Waals surface area contributed by atoms with Gasteiger partial charge in [0.15, 0.2) is 5.82 Å². The summed E-state index contributed by atoms with van der Waals surface area (Å²) < 4.78 is 6.48. The molecule has 0 bridgehead atoms. The van der Waals surface area contributed by atoms with Crippen LogP contribution in [0.5, 0.6) is 0 Å². The number of imidazole rings is 1. The number of furan rings is 1. The van der Waals surface area contributed by atoms with E-state index in [2.05, 4.69) is 15.4 Å². The minimum Gasteiger partial charge on any atom is -0.467 e. The Hall–Kier alpha value is -2.90. The number of aromatic nitrogens is 3. The van der Waals surface area contributed by atoms with E-state index in [1.54, 1.807) is 24.5 Å². The minimum atomic E-state index is -0.521. The summed E-state index contributed by atoms with van der Waals surface area (Å²) in [6.07, 6.45) is 2.77. The van der Waals surface area contributed by atoms with Gasteiger partial charge in [-0.25, -0.2) is 4.98 Å². The van der Waals surface area contributed by atoms with Crippen LogP contribution in [0.1, 0.15) is 18.7 Å². The zero-order chi connectivity index (χ0) is 14.1. The van der Waals surface area contributed by atoms with Crippen LogP contribution in [0.2, 0.25) is 0 Å². The second-order valence-corrected chi connectivity index (χ2v) is 4.24. The standard InChI is InChI=1S/C12H11N5O3/c1-8(9-3-2-6-20-9)14-10-4-5-11-13-7-12(17(18)19)16(11)15-10/h2-8H,1H3,(H,14,15). The van der Waals surface area contributed by atoms with Gasteiger partial charge in [-0.15, -0.1) is 0 Å². The van der Waals surface area contributed by atoms with Crippen LogP contribution in [0.3, 0.4) is 0 Å². The molecule has 0 saturated carbocycles. The van der Waals surface area contributed by atoms with Crippen molar-refractivity contribution in [2.24, 2.45) is 0 Å². The van der Waals surface area contributed by atoms with E-state index in [1.807, 2.05) is 13.0 Å². The summed E-state index contributed by atoms with van der Waals surface area (Å²) >= 11 is 0. The molecule has 3 aromatic rings. The van der Waals surface area contributed by atoms with Crippen molar-refractivity contribution in [1.82, 2.24) is 14.6 Å². The molecule has 3 rings (SSSR count). The van der Waals surface area contributed by atoms with Crippen molar-refractivity contribution in [2.45, 2.75) is 13.0 Å². The summed E-state index contributed by atoms with van der Waals surface area (Å²) in [6.45, 7) is 1.91. The van der Waals surface area contributed by atoms with Crippen molar-refractivity contribution in [1.29, 1.82) is 0 Å². The predicted molar refractivity (Wildman–Crippen MR) is 70.4 cm³/mol. The molecule has 3 heterocycles. The van der Waals surface area contributed by atoms with Crippen LogP contribution in [0.15, 0.2) is 41.1 Å². The lowest BCUT2D eigenvalue weighted by Gasteiger charge is -2.10. The van der Waals surface area contributed by atoms with Gasteiger partial charge >= 0.3 is 5.82 Å². The maximum Gasteiger partial charge on any atom is 0.368 e. The van der Waals surface area contributed by atoms with Crippen LogP contribution >= 0.6 is 0 Å². The van der Waals surface area contributed by atoms with E-state index in [-0.39, 0.29) is 11.9 Å². The van der Waals surface area contributed by atoms with Gasteiger partial charge < -0.3 is 19.8 Å². The van der Waals surface area contributed by atoms with Crippen molar-refractivity contribution < 1.29 is 9.34 Å². The molecule has 0 amide bonds. The van der Waals surface area contributed by atoms with E-state index < -0.39 is 4.92 Å². The maximum absolute atomic E-state index is 10.9. The fourth-order valence-electron chi connectivity index (χ4n) is 1.89. The Balaban J connectivity index is 1.92. The monoisotopic (exact) mass is 273 g/mol. The average Bonchev–Trinajstić information content (AvgIpc) is 3.07. The Morgan fingerprint density at radius 1 is 1.45 bits per heavy atom. The molecule has 0 fully saturated rings. The third-order valence-electron chi connectivity index (χ3n) is 2.87. The van der Waals surface area contributed by atoms with Gasteiger partial charge in [0.25, 0.3) is 0 Å². The van der Waals surface area contributed by atoms with Crippen LogP contribution < -0.4 is 5.32 Å². The first-order valence-corrected chi connectivity index (χ1v) is 5.94. The summed E-state index contributed by atoms with van der Waals surface area (Å²) in [6, 6.07) is 6.92. The summed E-state index contributed by atoms with van der Waals surface area (Å²) in [5.74, 6) is 1.09. The van der Waals surface area contributed by atoms with Crippen LogP contribution in [0, 0.1) is 10.1 Å². The molecular formula is C12H11N5O3. The molecule has 0 radical (unpaired) electrons. The SMILES string of the molecule is CC(Nc1ccc2ncc([N+](=O)[O-])n2n1)c1ccco1. The number of hydrogen-bond acceptors (Lipinski definition) is 6. The molecule has 0 aliphatic carbocycles. The first kappa shape index (κ1) is 12.2. The van der Waals surface area contributed by atoms with E-state index in [0.29, 0.717) is 11.5 Å². The van der Waals surface area contributed by atoms with E-state index in [9.17, 15) is 10.1 Å². The normalized spacial score (nSPS) is 12.4. The number of nitrogens with zero attached hydrogens (tertiary/aromatic N) is 4. The molecule has 0 aromatic carbocycles. The Bertz CT molecular complexity index is 750. The van der Waals surface area contributed by atoms with Gasteiger partial charge in [0.2, 0.25) is 5.65 Å². The molecule has 1 N–H and O–H groups in total. The van der Waals surface area contributed by atoms with E-state index in [0.717, 1.165) is 5.76 Å². The molecule has 0 aliphatic heterocycles. The second kappa shape index (κ2) is 4.65. The Labute approximate surface area is 113 Å². The minimum absolute atomic E-state index is 0.0995. The molecule has 1 unspecified atom stereocenters. The molecule has 1 atom stereocenters. The third kappa shape index (κ3) is 2.07. The first-order chi connectivity index (χ1) is 9.65. The summed E-state index contributed by atoms with van der Waals surface area (Å²) in [5.41, 5.74) is 0.424. The lowest BCUT2D eigenvalue weighted by atomic mass is 10.2. The number of anilines is 1. The van der Waals surface area contributed by atoms with Gasteiger partial charge in [-0.2, -0.15) is 0 Å². The molecule has 0 aliphatic rings. The van der Waals surface area contributed by atoms with E-state index in [1.165, 1.54) is 10.7 Å². The summed E-state index contributed by atoms with van der Waals surface area (Å²) in [7, 11) is 0. The highest BCUT2D eigenvalue weighted by molar-refractivity contribution is 5.48. The van der Waals surface area contributed by atoms with Crippen LogP contribution in [-0.2, 0) is 0 Å². The third-order valence-corrected chi connectivity index (χ3v) is 2.87. The van der Waals surface area contributed by atoms with Crippen LogP contribution in [-0.4, -0.2) is 19.5 Å². The smallest absolute Gasteiger partial charge is 0.368 e. The lowest BCUT2D eigenvalue weighted by Crippen LogP contribution is -2.09. The molecule has 3 aromatic heterocycles. The van der Waals surface area contributed by atoms with E-state index >= 15 is 0 Å². The highest BCUT2D eigenvalue weighted by Crippen LogP contribution is 2.20. The fourth-order valence-corrected chi connectivity index (χ4v) is 1.89. The zero-order valence-corrected chi connectivity index (χ0v) is 10.6. The quantitative estimate of drug-likeness (QED) is 0.579. The molecular weight excluding hydrogens is 262 g/mol. The van der Waals surface area contributed by atoms with Crippen molar-refractivity contribution in [3.8, 4) is 0 Å². The predicted octanol–water partition coefficient (Wildman–Crippen LogP) is 2.40. The first-order valence-electron chi connectivity index (χ1n) is 5.94. The van der Waals surface area contributed by atoms with Crippen LogP contribution in [0.4, 0.5) is 11.6 Å². The summed E-state index contributed by atoms with van der Waals surface area (Å²) in [5, 5.41) is 18.1. The molecule has 20 heavy (non-hydrogen) atoms. The van der Waals surface area contributed by atoms with Gasteiger partial charge in [0.1, 0.15) is 12.0 Å². The topological polar surface area (TPSA) is 98.5 Å². The van der Waals surface area contributed by atoms with Gasteiger partial charge in [-0.1, -0.05) is 9.61 Å². The number of hydrogen-bond donors (Lipinski definition) is 1. The number of nitro groups is 1. The molecule has 102 valence electrons. The fraction of sp³-hybridized carbons (Fsp3) is 0.167. The highest BCUT2D eigenvalue weighted by atomic mass is 16.6. The van der Waals surface area contributed by atoms with Crippen molar-refractivity contribution in [3.63, 3.8) is 0 Å². The second-order valence-electron chi connectivity index (χ2n) is 4.24. The number of rotatable bonds is 4. The van der Waals surface area contributed by atoms with Crippen molar-refractivity contribution >= 4 is 17.3 Å². The maximum atomic E-state index is 10.9. The zero-order valence-electron chi connectivity index (χ0n) is 10.6. The van der Waals surface area contributed by atoms with Crippen molar-refractivity contribution in [3.05, 3.63) is 52.6 Å². The summed E-state index contributed by atoms with van der Waals surface area (Å²) in [4.78, 5) is 14.3. The van der Waals surface area contributed by atoms with Gasteiger partial charge in [-0.3, -0.25) is 0 Å². The molecule has 8 nitrogen and oxygen atoms in total. The molecule has 0 saturated heterocycles. The van der Waals surface area contributed by atoms with Gasteiger partial charge in [0, 0.05) is 6.07 Å². The highest BCUT2D eigenvalue weighted by Gasteiger charge is 2.17. The van der Waals surface area contributed by atoms with Crippen LogP contribution in [0.25, 0.3) is 5.65 Å². The van der Waals surface area contributed by atoms with E-state index in [4.69, 9.17) is 4.42 Å². The molecule has 8 heteroatoms.